The molecule has 2 N–H and O–H groups in total. The molecule has 0 atom stereocenters. The minimum Gasteiger partial charge on any atom is -0.333 e. The highest BCUT2D eigenvalue weighted by Crippen LogP contribution is 1.79. The van der Waals surface area contributed by atoms with Gasteiger partial charge in [-0.05, 0) is 7.05 Å². The van der Waals surface area contributed by atoms with Crippen LogP contribution in [0.15, 0.2) is 36.4 Å². The number of nitrogens with two attached hydrogens (primary N) is 1. The normalized spacial score (nSPS) is 7.00. The Morgan fingerprint density at radius 1 is 0.667 bits per heavy atom. The molecule has 0 aromatic heterocycles. The van der Waals surface area contributed by atoms with Gasteiger partial charge in [-0.2, -0.15) is 0 Å². The fourth-order valence-corrected chi connectivity index (χ4v) is 0.385. The Morgan fingerprint density at radius 3 is 0.917 bits per heavy atom. The largest absolute Gasteiger partial charge is 0.333 e. The minimum atomic E-state index is 1.32. The van der Waals surface area contributed by atoms with Crippen LogP contribution in [0.4, 0.5) is 0 Å². The zero-order valence-electron chi connectivity index (χ0n) is 8.46. The van der Waals surface area contributed by atoms with Crippen molar-refractivity contribution in [2.24, 2.45) is 5.73 Å². The van der Waals surface area contributed by atoms with Crippen LogP contribution >= 0.6 is 0 Å². The van der Waals surface area contributed by atoms with Crippen molar-refractivity contribution in [1.82, 2.24) is 0 Å². The Morgan fingerprint density at radius 2 is 0.833 bits per heavy atom. The highest BCUT2D eigenvalue weighted by molar-refractivity contribution is 4.99. The molecule has 1 rings (SSSR count). The molecule has 0 aliphatic rings. The summed E-state index contributed by atoms with van der Waals surface area (Å²) >= 11 is 0. The molecule has 0 saturated carbocycles. The molecule has 0 saturated heterocycles. The molecular weight excluding hydrogens is 146 g/mol. The third-order valence-electron chi connectivity index (χ3n) is 1.17. The van der Waals surface area contributed by atoms with E-state index in [1.807, 2.05) is 36.4 Å². The van der Waals surface area contributed by atoms with Crippen LogP contribution in [0.3, 0.4) is 0 Å². The third kappa shape index (κ3) is 16.1. The van der Waals surface area contributed by atoms with Gasteiger partial charge in [-0.3, -0.25) is 0 Å². The summed E-state index contributed by atoms with van der Waals surface area (Å²) in [5.74, 6) is 0. The van der Waals surface area contributed by atoms with Crippen molar-refractivity contribution in [2.45, 2.75) is 26.7 Å². The lowest BCUT2D eigenvalue weighted by molar-refractivity contribution is 0.886. The molecule has 1 nitrogen and oxygen atoms in total. The molecule has 0 amide bonds. The second-order valence-electron chi connectivity index (χ2n) is 2.15. The summed E-state index contributed by atoms with van der Waals surface area (Å²) in [5, 5.41) is 0. The van der Waals surface area contributed by atoms with Gasteiger partial charge in [0.25, 0.3) is 0 Å². The summed E-state index contributed by atoms with van der Waals surface area (Å²) in [6, 6.07) is 12.0. The van der Waals surface area contributed by atoms with Crippen molar-refractivity contribution >= 4 is 0 Å². The maximum Gasteiger partial charge on any atom is -0.0195 e. The summed E-state index contributed by atoms with van der Waals surface area (Å²) in [6.07, 6.45) is 2.64. The van der Waals surface area contributed by atoms with Gasteiger partial charge in [0.2, 0.25) is 0 Å². The molecule has 0 heterocycles. The van der Waals surface area contributed by atoms with Crippen molar-refractivity contribution < 1.29 is 0 Å². The lowest BCUT2D eigenvalue weighted by atomic mass is 10.4. The van der Waals surface area contributed by atoms with Gasteiger partial charge in [0, 0.05) is 0 Å². The number of rotatable bonds is 1. The molecule has 0 bridgehead atoms. The third-order valence-corrected chi connectivity index (χ3v) is 1.17. The van der Waals surface area contributed by atoms with E-state index in [1.54, 1.807) is 0 Å². The van der Waals surface area contributed by atoms with Gasteiger partial charge in [-0.15, -0.1) is 0 Å². The monoisotopic (exact) mass is 167 g/mol. The predicted molar refractivity (Wildman–Crippen MR) is 57.1 cm³/mol. The van der Waals surface area contributed by atoms with Crippen molar-refractivity contribution in [1.29, 1.82) is 0 Å². The van der Waals surface area contributed by atoms with E-state index in [1.165, 1.54) is 19.9 Å². The van der Waals surface area contributed by atoms with Crippen LogP contribution in [0, 0.1) is 0 Å². The Labute approximate surface area is 76.6 Å². The van der Waals surface area contributed by atoms with Gasteiger partial charge >= 0.3 is 0 Å². The van der Waals surface area contributed by atoms with Crippen molar-refractivity contribution in [3.8, 4) is 0 Å². The Balaban J connectivity index is 0. The smallest absolute Gasteiger partial charge is 0.0195 e. The summed E-state index contributed by atoms with van der Waals surface area (Å²) in [7, 11) is 1.50. The Hall–Kier alpha value is -0.820. The molecule has 1 aromatic carbocycles. The maximum atomic E-state index is 4.50. The van der Waals surface area contributed by atoms with Gasteiger partial charge in [-0.25, -0.2) is 0 Å². The maximum absolute atomic E-state index is 4.50. The van der Waals surface area contributed by atoms with E-state index >= 15 is 0 Å². The summed E-state index contributed by atoms with van der Waals surface area (Å²) in [5.41, 5.74) is 4.50. The van der Waals surface area contributed by atoms with Crippen LogP contribution in [0.25, 0.3) is 0 Å². The van der Waals surface area contributed by atoms with Crippen LogP contribution in [0.5, 0.6) is 0 Å². The van der Waals surface area contributed by atoms with Gasteiger partial charge in [-0.1, -0.05) is 63.1 Å². The second kappa shape index (κ2) is 16.6. The summed E-state index contributed by atoms with van der Waals surface area (Å²) in [6.45, 7) is 4.36. The molecule has 0 fully saturated rings. The molecule has 1 aromatic rings. The lowest BCUT2D eigenvalue weighted by Gasteiger charge is -1.69. The fourth-order valence-electron chi connectivity index (χ4n) is 0.385. The highest BCUT2D eigenvalue weighted by Gasteiger charge is 1.58. The molecule has 0 spiro atoms. The van der Waals surface area contributed by atoms with E-state index in [-0.39, 0.29) is 0 Å². The highest BCUT2D eigenvalue weighted by atomic mass is 14.4. The predicted octanol–water partition coefficient (Wildman–Crippen LogP) is 3.07. The van der Waals surface area contributed by atoms with Gasteiger partial charge in [0.15, 0.2) is 0 Å². The first kappa shape index (κ1) is 13.7. The fraction of sp³-hybridized carbons (Fsp3) is 0.455. The topological polar surface area (TPSA) is 26.0 Å². The average molecular weight is 167 g/mol. The SMILES string of the molecule is CCCC.CN.c1ccccc1. The van der Waals surface area contributed by atoms with E-state index in [4.69, 9.17) is 0 Å². The minimum absolute atomic E-state index is 1.32. The number of hydrogen-bond acceptors (Lipinski definition) is 1. The number of unbranched alkanes of at least 4 members (excludes halogenated alkanes) is 1. The van der Waals surface area contributed by atoms with Crippen LogP contribution in [-0.4, -0.2) is 7.05 Å². The van der Waals surface area contributed by atoms with Gasteiger partial charge in [0.05, 0.1) is 0 Å². The van der Waals surface area contributed by atoms with Crippen LogP contribution in [0.2, 0.25) is 0 Å². The van der Waals surface area contributed by atoms with Gasteiger partial charge in [0.1, 0.15) is 0 Å². The number of benzene rings is 1. The lowest BCUT2D eigenvalue weighted by Crippen LogP contribution is -1.69. The van der Waals surface area contributed by atoms with E-state index in [2.05, 4.69) is 19.6 Å². The van der Waals surface area contributed by atoms with Crippen molar-refractivity contribution in [3.63, 3.8) is 0 Å². The Kier molecular flexibility index (Phi) is 19.1. The molecule has 0 aliphatic carbocycles. The summed E-state index contributed by atoms with van der Waals surface area (Å²) in [4.78, 5) is 0. The van der Waals surface area contributed by atoms with Crippen LogP contribution < -0.4 is 5.73 Å². The van der Waals surface area contributed by atoms with Crippen molar-refractivity contribution in [2.75, 3.05) is 7.05 Å². The molecule has 70 valence electrons. The van der Waals surface area contributed by atoms with Crippen molar-refractivity contribution in [3.05, 3.63) is 36.4 Å². The molecule has 0 unspecified atom stereocenters. The van der Waals surface area contributed by atoms with E-state index in [0.29, 0.717) is 0 Å². The summed E-state index contributed by atoms with van der Waals surface area (Å²) < 4.78 is 0. The first-order valence-corrected chi connectivity index (χ1v) is 4.49. The van der Waals surface area contributed by atoms with Crippen LogP contribution in [-0.2, 0) is 0 Å². The quantitative estimate of drug-likeness (QED) is 0.683. The molecule has 0 aliphatic heterocycles. The second-order valence-corrected chi connectivity index (χ2v) is 2.15. The zero-order valence-corrected chi connectivity index (χ0v) is 8.46. The van der Waals surface area contributed by atoms with E-state index in [0.717, 1.165) is 0 Å². The van der Waals surface area contributed by atoms with E-state index < -0.39 is 0 Å². The average Bonchev–Trinajstić information content (AvgIpc) is 2.24. The molecule has 12 heavy (non-hydrogen) atoms. The van der Waals surface area contributed by atoms with Gasteiger partial charge < -0.3 is 5.73 Å². The zero-order chi connectivity index (χ0) is 9.66. The number of hydrogen-bond donors (Lipinski definition) is 1. The first-order valence-electron chi connectivity index (χ1n) is 4.49. The molecule has 0 radical (unpaired) electrons. The van der Waals surface area contributed by atoms with Crippen LogP contribution in [0.1, 0.15) is 26.7 Å². The first-order chi connectivity index (χ1) is 5.91. The Bertz CT molecular complexity index is 97.0. The standard InChI is InChI=1S/C6H6.C4H10.CH5N/c1-2-4-6-5-3-1;1-3-4-2;1-2/h1-6H;3-4H2,1-2H3;2H2,1H3. The molecular formula is C11H21N. The van der Waals surface area contributed by atoms with E-state index in [9.17, 15) is 0 Å². The molecule has 1 heteroatoms.